The number of hydroxylamine groups is 1. The molecule has 1 aromatic carbocycles. The lowest BCUT2D eigenvalue weighted by Gasteiger charge is -2.19. The van der Waals surface area contributed by atoms with Crippen LogP contribution in [0.3, 0.4) is 0 Å². The Morgan fingerprint density at radius 3 is 2.67 bits per heavy atom. The van der Waals surface area contributed by atoms with Crippen molar-refractivity contribution in [2.75, 3.05) is 20.3 Å². The van der Waals surface area contributed by atoms with Crippen LogP contribution in [-0.2, 0) is 11.4 Å². The van der Waals surface area contributed by atoms with Crippen LogP contribution in [0, 0.1) is 5.82 Å². The lowest BCUT2D eigenvalue weighted by Crippen LogP contribution is -2.17. The fourth-order valence-electron chi connectivity index (χ4n) is 1.39. The van der Waals surface area contributed by atoms with Crippen molar-refractivity contribution in [1.29, 1.82) is 0 Å². The molecule has 82 valence electrons. The number of rotatable bonds is 3. The molecule has 15 heavy (non-hydrogen) atoms. The molecule has 1 N–H and O–H groups in total. The Hall–Kier alpha value is -1.33. The molecule has 1 aliphatic heterocycles. The Labute approximate surface area is 86.9 Å². The first-order valence-electron chi connectivity index (χ1n) is 4.65. The van der Waals surface area contributed by atoms with E-state index in [1.165, 1.54) is 13.2 Å². The van der Waals surface area contributed by atoms with Crippen molar-refractivity contribution in [2.24, 2.45) is 0 Å². The molecule has 2 rings (SSSR count). The molecule has 0 bridgehead atoms. The van der Waals surface area contributed by atoms with Crippen LogP contribution in [0.5, 0.6) is 11.5 Å². The third kappa shape index (κ3) is 2.19. The summed E-state index contributed by atoms with van der Waals surface area (Å²) in [6, 6.07) is 2.96. The summed E-state index contributed by atoms with van der Waals surface area (Å²) in [4.78, 5) is 4.66. The average Bonchev–Trinajstić information content (AvgIpc) is 2.26. The monoisotopic (exact) mass is 213 g/mol. The van der Waals surface area contributed by atoms with Crippen LogP contribution in [-0.4, -0.2) is 20.3 Å². The van der Waals surface area contributed by atoms with Crippen LogP contribution in [0.15, 0.2) is 12.1 Å². The van der Waals surface area contributed by atoms with Gasteiger partial charge in [-0.3, -0.25) is 0 Å². The lowest BCUT2D eigenvalue weighted by molar-refractivity contribution is 0.0856. The van der Waals surface area contributed by atoms with E-state index in [4.69, 9.17) is 9.47 Å². The molecule has 5 heteroatoms. The Bertz CT molecular complexity index is 357. The number of hydrogen-bond acceptors (Lipinski definition) is 4. The molecule has 1 aliphatic rings. The van der Waals surface area contributed by atoms with E-state index in [2.05, 4.69) is 10.3 Å². The molecular formula is C10H12FNO3. The number of halogens is 1. The molecule has 0 saturated heterocycles. The molecule has 1 aromatic rings. The quantitative estimate of drug-likeness (QED) is 0.767. The second-order valence-electron chi connectivity index (χ2n) is 3.11. The molecule has 0 radical (unpaired) electrons. The van der Waals surface area contributed by atoms with Gasteiger partial charge in [0.2, 0.25) is 0 Å². The van der Waals surface area contributed by atoms with Crippen molar-refractivity contribution < 1.29 is 18.7 Å². The van der Waals surface area contributed by atoms with Gasteiger partial charge in [0.1, 0.15) is 19.0 Å². The van der Waals surface area contributed by atoms with Crippen molar-refractivity contribution in [3.05, 3.63) is 23.5 Å². The Kier molecular flexibility index (Phi) is 3.03. The van der Waals surface area contributed by atoms with E-state index in [1.807, 2.05) is 0 Å². The summed E-state index contributed by atoms with van der Waals surface area (Å²) < 4.78 is 24.1. The van der Waals surface area contributed by atoms with E-state index in [-0.39, 0.29) is 5.82 Å². The van der Waals surface area contributed by atoms with Crippen LogP contribution in [0.25, 0.3) is 0 Å². The molecular weight excluding hydrogens is 201 g/mol. The molecule has 0 saturated carbocycles. The maximum Gasteiger partial charge on any atom is 0.164 e. The SMILES string of the molecule is CONCc1cc2c(cc1F)OCCO2. The minimum atomic E-state index is -0.330. The third-order valence-electron chi connectivity index (χ3n) is 2.12. The number of fused-ring (bicyclic) bond motifs is 1. The summed E-state index contributed by atoms with van der Waals surface area (Å²) in [6.07, 6.45) is 0. The highest BCUT2D eigenvalue weighted by molar-refractivity contribution is 5.44. The standard InChI is InChI=1S/C10H12FNO3/c1-13-12-6-7-4-9-10(5-8(7)11)15-3-2-14-9/h4-5,12H,2-3,6H2,1H3. The normalized spacial score (nSPS) is 14.0. The summed E-state index contributed by atoms with van der Waals surface area (Å²) in [5, 5.41) is 0. The van der Waals surface area contributed by atoms with E-state index in [9.17, 15) is 4.39 Å². The Morgan fingerprint density at radius 2 is 2.00 bits per heavy atom. The number of nitrogens with one attached hydrogen (secondary N) is 1. The first kappa shape index (κ1) is 10.2. The van der Waals surface area contributed by atoms with Crippen molar-refractivity contribution in [3.63, 3.8) is 0 Å². The van der Waals surface area contributed by atoms with E-state index in [1.54, 1.807) is 6.07 Å². The fraction of sp³-hybridized carbons (Fsp3) is 0.400. The van der Waals surface area contributed by atoms with Crippen LogP contribution >= 0.6 is 0 Å². The van der Waals surface area contributed by atoms with Crippen molar-refractivity contribution in [1.82, 2.24) is 5.48 Å². The van der Waals surface area contributed by atoms with Gasteiger partial charge in [-0.05, 0) is 6.07 Å². The number of hydrogen-bond donors (Lipinski definition) is 1. The van der Waals surface area contributed by atoms with Gasteiger partial charge < -0.3 is 14.3 Å². The second kappa shape index (κ2) is 4.46. The first-order chi connectivity index (χ1) is 7.31. The average molecular weight is 213 g/mol. The van der Waals surface area contributed by atoms with Crippen molar-refractivity contribution in [2.45, 2.75) is 6.54 Å². The highest BCUT2D eigenvalue weighted by Crippen LogP contribution is 2.32. The fourth-order valence-corrected chi connectivity index (χ4v) is 1.39. The molecule has 0 atom stereocenters. The Balaban J connectivity index is 2.24. The minimum Gasteiger partial charge on any atom is -0.486 e. The van der Waals surface area contributed by atoms with Gasteiger partial charge in [-0.1, -0.05) is 0 Å². The summed E-state index contributed by atoms with van der Waals surface area (Å²) >= 11 is 0. The zero-order valence-electron chi connectivity index (χ0n) is 8.38. The number of ether oxygens (including phenoxy) is 2. The molecule has 0 spiro atoms. The second-order valence-corrected chi connectivity index (χ2v) is 3.11. The van der Waals surface area contributed by atoms with Crippen molar-refractivity contribution >= 4 is 0 Å². The predicted molar refractivity (Wildman–Crippen MR) is 51.2 cm³/mol. The van der Waals surface area contributed by atoms with Crippen LogP contribution < -0.4 is 15.0 Å². The minimum absolute atomic E-state index is 0.291. The van der Waals surface area contributed by atoms with Gasteiger partial charge in [-0.25, -0.2) is 4.39 Å². The number of benzene rings is 1. The van der Waals surface area contributed by atoms with Gasteiger partial charge in [0.15, 0.2) is 11.5 Å². The smallest absolute Gasteiger partial charge is 0.164 e. The van der Waals surface area contributed by atoms with Crippen LogP contribution in [0.4, 0.5) is 4.39 Å². The molecule has 0 aliphatic carbocycles. The van der Waals surface area contributed by atoms with Gasteiger partial charge in [-0.15, -0.1) is 0 Å². The molecule has 0 fully saturated rings. The van der Waals surface area contributed by atoms with Gasteiger partial charge in [0.25, 0.3) is 0 Å². The Morgan fingerprint density at radius 1 is 1.33 bits per heavy atom. The zero-order valence-corrected chi connectivity index (χ0v) is 8.38. The maximum absolute atomic E-state index is 13.5. The highest BCUT2D eigenvalue weighted by atomic mass is 19.1. The van der Waals surface area contributed by atoms with Gasteiger partial charge in [0.05, 0.1) is 7.11 Å². The summed E-state index contributed by atoms with van der Waals surface area (Å²) in [5.74, 6) is 0.708. The predicted octanol–water partition coefficient (Wildman–Crippen LogP) is 1.25. The van der Waals surface area contributed by atoms with E-state index in [0.29, 0.717) is 36.8 Å². The molecule has 0 unspecified atom stereocenters. The summed E-state index contributed by atoms with van der Waals surface area (Å²) in [6.45, 7) is 1.25. The van der Waals surface area contributed by atoms with Crippen LogP contribution in [0.1, 0.15) is 5.56 Å². The highest BCUT2D eigenvalue weighted by Gasteiger charge is 2.15. The van der Waals surface area contributed by atoms with Crippen LogP contribution in [0.2, 0.25) is 0 Å². The van der Waals surface area contributed by atoms with E-state index in [0.717, 1.165) is 0 Å². The van der Waals surface area contributed by atoms with Gasteiger partial charge in [0, 0.05) is 18.2 Å². The largest absolute Gasteiger partial charge is 0.486 e. The maximum atomic E-state index is 13.5. The lowest BCUT2D eigenvalue weighted by atomic mass is 10.2. The molecule has 0 aromatic heterocycles. The van der Waals surface area contributed by atoms with Gasteiger partial charge in [-0.2, -0.15) is 5.48 Å². The molecule has 4 nitrogen and oxygen atoms in total. The first-order valence-corrected chi connectivity index (χ1v) is 4.65. The molecule has 0 amide bonds. The topological polar surface area (TPSA) is 39.7 Å². The van der Waals surface area contributed by atoms with Crippen molar-refractivity contribution in [3.8, 4) is 11.5 Å². The molecule has 1 heterocycles. The zero-order chi connectivity index (χ0) is 10.7. The van der Waals surface area contributed by atoms with E-state index >= 15 is 0 Å². The van der Waals surface area contributed by atoms with E-state index < -0.39 is 0 Å². The summed E-state index contributed by atoms with van der Waals surface area (Å²) in [7, 11) is 1.48. The van der Waals surface area contributed by atoms with Gasteiger partial charge >= 0.3 is 0 Å². The summed E-state index contributed by atoms with van der Waals surface area (Å²) in [5.41, 5.74) is 3.06. The third-order valence-corrected chi connectivity index (χ3v) is 2.12.